The molecule has 0 bridgehead atoms. The van der Waals surface area contributed by atoms with Crippen LogP contribution in [-0.4, -0.2) is 26.6 Å². The third-order valence-electron chi connectivity index (χ3n) is 3.35. The molecule has 0 aliphatic carbocycles. The highest BCUT2D eigenvalue weighted by Crippen LogP contribution is 2.30. The maximum Gasteiger partial charge on any atom is 0.416 e. The second-order valence-electron chi connectivity index (χ2n) is 6.82. The average Bonchev–Trinajstić information content (AvgIpc) is 2.51. The zero-order chi connectivity index (χ0) is 19.5. The molecule has 1 aromatic heterocycles. The van der Waals surface area contributed by atoms with E-state index in [1.807, 2.05) is 20.8 Å². The molecule has 0 spiro atoms. The fraction of sp³-hybridized carbons (Fsp3) is 0.412. The van der Waals surface area contributed by atoms with Crippen LogP contribution in [0, 0.1) is 0 Å². The van der Waals surface area contributed by atoms with Crippen molar-refractivity contribution in [1.29, 1.82) is 0 Å². The predicted molar refractivity (Wildman–Crippen MR) is 89.3 cm³/mol. The van der Waals surface area contributed by atoms with Crippen molar-refractivity contribution in [3.63, 3.8) is 0 Å². The first-order valence-electron chi connectivity index (χ1n) is 7.90. The maximum atomic E-state index is 12.6. The van der Waals surface area contributed by atoms with Crippen molar-refractivity contribution in [3.8, 4) is 11.4 Å². The zero-order valence-corrected chi connectivity index (χ0v) is 14.6. The summed E-state index contributed by atoms with van der Waals surface area (Å²) in [5.74, 6) is -0.155. The van der Waals surface area contributed by atoms with Crippen LogP contribution in [0.2, 0.25) is 0 Å². The summed E-state index contributed by atoms with van der Waals surface area (Å²) in [7, 11) is 0. The van der Waals surface area contributed by atoms with Crippen molar-refractivity contribution in [1.82, 2.24) is 20.5 Å². The minimum absolute atomic E-state index is 0.0617. The summed E-state index contributed by atoms with van der Waals surface area (Å²) in [6, 6.07) is 4.22. The number of nitrogens with one attached hydrogen (secondary N) is 2. The fourth-order valence-corrected chi connectivity index (χ4v) is 2.18. The molecule has 0 aliphatic heterocycles. The molecule has 0 aliphatic rings. The highest BCUT2D eigenvalue weighted by atomic mass is 19.4. The van der Waals surface area contributed by atoms with Gasteiger partial charge in [-0.25, -0.2) is 0 Å². The van der Waals surface area contributed by atoms with Gasteiger partial charge < -0.3 is 10.3 Å². The normalized spacial score (nSPS) is 12.1. The van der Waals surface area contributed by atoms with Crippen molar-refractivity contribution in [3.05, 3.63) is 45.9 Å². The summed E-state index contributed by atoms with van der Waals surface area (Å²) in [6.45, 7) is 5.53. The predicted octanol–water partition coefficient (Wildman–Crippen LogP) is 2.70. The maximum absolute atomic E-state index is 12.6. The Balaban J connectivity index is 2.10. The van der Waals surface area contributed by atoms with Crippen molar-refractivity contribution < 1.29 is 18.0 Å². The van der Waals surface area contributed by atoms with Crippen LogP contribution in [0.1, 0.15) is 38.4 Å². The number of aryl methyl sites for hydroxylation is 1. The number of hydrogen-bond acceptors (Lipinski definition) is 4. The number of hydrogen-bond donors (Lipinski definition) is 2. The minimum Gasteiger partial charge on any atom is -0.351 e. The first-order chi connectivity index (χ1) is 12.0. The van der Waals surface area contributed by atoms with E-state index in [9.17, 15) is 22.8 Å². The molecule has 2 aromatic rings. The lowest BCUT2D eigenvalue weighted by Crippen LogP contribution is -2.40. The van der Waals surface area contributed by atoms with Crippen LogP contribution in [0.25, 0.3) is 11.4 Å². The number of rotatable bonds is 4. The Bertz CT molecular complexity index is 837. The Kier molecular flexibility index (Phi) is 5.48. The van der Waals surface area contributed by atoms with Gasteiger partial charge in [-0.2, -0.15) is 13.2 Å². The molecule has 26 heavy (non-hydrogen) atoms. The Morgan fingerprint density at radius 1 is 1.12 bits per heavy atom. The summed E-state index contributed by atoms with van der Waals surface area (Å²) >= 11 is 0. The Morgan fingerprint density at radius 3 is 2.23 bits per heavy atom. The number of halogens is 3. The van der Waals surface area contributed by atoms with Gasteiger partial charge in [-0.1, -0.05) is 12.1 Å². The molecule has 0 saturated heterocycles. The largest absolute Gasteiger partial charge is 0.416 e. The van der Waals surface area contributed by atoms with Crippen LogP contribution in [0.15, 0.2) is 29.1 Å². The van der Waals surface area contributed by atoms with E-state index >= 15 is 0 Å². The lowest BCUT2D eigenvalue weighted by atomic mass is 10.1. The summed E-state index contributed by atoms with van der Waals surface area (Å²) in [5, 5.41) is 10.4. The Morgan fingerprint density at radius 2 is 1.73 bits per heavy atom. The molecular weight excluding hydrogens is 349 g/mol. The van der Waals surface area contributed by atoms with Crippen molar-refractivity contribution >= 4 is 5.91 Å². The van der Waals surface area contributed by atoms with Gasteiger partial charge >= 0.3 is 6.18 Å². The third-order valence-corrected chi connectivity index (χ3v) is 3.35. The smallest absolute Gasteiger partial charge is 0.351 e. The average molecular weight is 368 g/mol. The van der Waals surface area contributed by atoms with Crippen molar-refractivity contribution in [2.45, 2.75) is 45.3 Å². The fourth-order valence-electron chi connectivity index (χ4n) is 2.18. The van der Waals surface area contributed by atoms with Gasteiger partial charge in [0.15, 0.2) is 5.82 Å². The van der Waals surface area contributed by atoms with E-state index in [1.54, 1.807) is 0 Å². The summed E-state index contributed by atoms with van der Waals surface area (Å²) < 4.78 is 37.7. The van der Waals surface area contributed by atoms with Gasteiger partial charge in [0.05, 0.1) is 5.56 Å². The topological polar surface area (TPSA) is 87.7 Å². The number of aromatic amines is 1. The molecule has 0 fully saturated rings. The van der Waals surface area contributed by atoms with E-state index < -0.39 is 17.3 Å². The summed E-state index contributed by atoms with van der Waals surface area (Å²) in [6.07, 6.45) is -4.25. The number of H-pyrrole nitrogens is 1. The molecule has 2 rings (SSSR count). The number of aromatic nitrogens is 3. The number of carbonyl (C=O) groups is 1. The van der Waals surface area contributed by atoms with Gasteiger partial charge in [-0.3, -0.25) is 9.59 Å². The van der Waals surface area contributed by atoms with Gasteiger partial charge in [-0.05, 0) is 32.9 Å². The lowest BCUT2D eigenvalue weighted by molar-refractivity contribution is -0.137. The molecule has 2 N–H and O–H groups in total. The second-order valence-corrected chi connectivity index (χ2v) is 6.82. The first-order valence-corrected chi connectivity index (χ1v) is 7.90. The van der Waals surface area contributed by atoms with Crippen LogP contribution in [0.4, 0.5) is 13.2 Å². The quantitative estimate of drug-likeness (QED) is 0.869. The number of alkyl halides is 3. The van der Waals surface area contributed by atoms with E-state index in [4.69, 9.17) is 0 Å². The highest BCUT2D eigenvalue weighted by molar-refractivity contribution is 5.76. The molecule has 0 radical (unpaired) electrons. The molecule has 1 amide bonds. The van der Waals surface area contributed by atoms with Crippen LogP contribution in [-0.2, 0) is 17.4 Å². The van der Waals surface area contributed by atoms with Crippen LogP contribution in [0.3, 0.4) is 0 Å². The third kappa shape index (κ3) is 5.40. The number of nitrogens with zero attached hydrogens (tertiary/aromatic N) is 2. The molecule has 0 unspecified atom stereocenters. The molecule has 9 heteroatoms. The second kappa shape index (κ2) is 7.27. The van der Waals surface area contributed by atoms with E-state index in [-0.39, 0.29) is 35.8 Å². The van der Waals surface area contributed by atoms with Gasteiger partial charge in [0.25, 0.3) is 5.56 Å². The Hall–Kier alpha value is -2.71. The molecule has 140 valence electrons. The van der Waals surface area contributed by atoms with Gasteiger partial charge in [-0.15, -0.1) is 10.2 Å². The van der Waals surface area contributed by atoms with E-state index in [1.165, 1.54) is 12.1 Å². The Labute approximate surface area is 147 Å². The van der Waals surface area contributed by atoms with Gasteiger partial charge in [0, 0.05) is 23.9 Å². The van der Waals surface area contributed by atoms with Crippen LogP contribution < -0.4 is 10.9 Å². The highest BCUT2D eigenvalue weighted by Gasteiger charge is 2.30. The number of carbonyl (C=O) groups excluding carboxylic acids is 1. The zero-order valence-electron chi connectivity index (χ0n) is 14.6. The van der Waals surface area contributed by atoms with E-state index in [0.29, 0.717) is 5.56 Å². The van der Waals surface area contributed by atoms with E-state index in [0.717, 1.165) is 12.1 Å². The molecule has 6 nitrogen and oxygen atoms in total. The molecule has 0 atom stereocenters. The molecule has 0 saturated carbocycles. The van der Waals surface area contributed by atoms with Crippen molar-refractivity contribution in [2.75, 3.05) is 0 Å². The van der Waals surface area contributed by atoms with Crippen molar-refractivity contribution in [2.24, 2.45) is 0 Å². The summed E-state index contributed by atoms with van der Waals surface area (Å²) in [4.78, 5) is 26.3. The number of benzene rings is 1. The molecular formula is C17H19F3N4O2. The lowest BCUT2D eigenvalue weighted by Gasteiger charge is -2.20. The molecule has 1 aromatic carbocycles. The monoisotopic (exact) mass is 368 g/mol. The SMILES string of the molecule is CC(C)(C)NC(=O)CCc1nnc(-c2ccc(C(F)(F)F)cc2)[nH]c1=O. The molecule has 1 heterocycles. The minimum atomic E-state index is -4.44. The standard InChI is InChI=1S/C17H19F3N4O2/c1-16(2,3)22-13(25)9-8-12-15(26)21-14(24-23-12)10-4-6-11(7-5-10)17(18,19)20/h4-7H,8-9H2,1-3H3,(H,22,25)(H,21,24,26). The number of amides is 1. The van der Waals surface area contributed by atoms with Gasteiger partial charge in [0.1, 0.15) is 5.69 Å². The van der Waals surface area contributed by atoms with Gasteiger partial charge in [0.2, 0.25) is 5.91 Å². The van der Waals surface area contributed by atoms with E-state index in [2.05, 4.69) is 20.5 Å². The van der Waals surface area contributed by atoms with Crippen LogP contribution in [0.5, 0.6) is 0 Å². The van der Waals surface area contributed by atoms with Crippen LogP contribution >= 0.6 is 0 Å². The first kappa shape index (κ1) is 19.6. The summed E-state index contributed by atoms with van der Waals surface area (Å²) in [5.41, 5.74) is -1.30.